The lowest BCUT2D eigenvalue weighted by Gasteiger charge is -2.10. The van der Waals surface area contributed by atoms with Gasteiger partial charge in [0.15, 0.2) is 0 Å². The third-order valence-corrected chi connectivity index (χ3v) is 5.77. The summed E-state index contributed by atoms with van der Waals surface area (Å²) >= 11 is 0.581. The number of thiophene rings is 1. The maximum atomic E-state index is 12.2. The van der Waals surface area contributed by atoms with Crippen molar-refractivity contribution in [1.29, 1.82) is 0 Å². The number of benzene rings is 1. The van der Waals surface area contributed by atoms with E-state index >= 15 is 0 Å². The van der Waals surface area contributed by atoms with Crippen LogP contribution in [0.1, 0.15) is 15.2 Å². The van der Waals surface area contributed by atoms with E-state index in [-0.39, 0.29) is 14.8 Å². The summed E-state index contributed by atoms with van der Waals surface area (Å²) in [5.74, 6) is -1.74. The number of aromatic carboxylic acids is 1. The Kier molecular flexibility index (Phi) is 4.76. The largest absolute Gasteiger partial charge is 0.573 e. The number of sulfonamides is 1. The van der Waals surface area contributed by atoms with E-state index < -0.39 is 28.1 Å². The summed E-state index contributed by atoms with van der Waals surface area (Å²) in [6.45, 7) is 1.46. The number of halogens is 3. The summed E-state index contributed by atoms with van der Waals surface area (Å²) in [6.07, 6.45) is -4.84. The van der Waals surface area contributed by atoms with Crippen LogP contribution in [0.2, 0.25) is 0 Å². The molecular formula is C13H10F3NO5S2. The van der Waals surface area contributed by atoms with E-state index in [0.29, 0.717) is 16.9 Å². The molecule has 0 atom stereocenters. The second kappa shape index (κ2) is 6.32. The van der Waals surface area contributed by atoms with Crippen LogP contribution in [-0.2, 0) is 10.0 Å². The minimum Gasteiger partial charge on any atom is -0.477 e. The van der Waals surface area contributed by atoms with E-state index in [9.17, 15) is 26.4 Å². The van der Waals surface area contributed by atoms with Crippen LogP contribution in [0, 0.1) is 6.92 Å². The van der Waals surface area contributed by atoms with Crippen LogP contribution in [0.3, 0.4) is 0 Å². The lowest BCUT2D eigenvalue weighted by molar-refractivity contribution is -0.274. The van der Waals surface area contributed by atoms with Gasteiger partial charge in [0.2, 0.25) is 0 Å². The molecule has 0 saturated carbocycles. The Bertz CT molecular complexity index is 857. The zero-order valence-electron chi connectivity index (χ0n) is 11.9. The molecule has 0 amide bonds. The Morgan fingerprint density at radius 3 is 2.29 bits per heavy atom. The van der Waals surface area contributed by atoms with Gasteiger partial charge < -0.3 is 9.84 Å². The van der Waals surface area contributed by atoms with Gasteiger partial charge in [-0.1, -0.05) is 0 Å². The first kappa shape index (κ1) is 18.1. The molecule has 0 aliphatic carbocycles. The molecule has 0 unspecified atom stereocenters. The molecule has 0 radical (unpaired) electrons. The van der Waals surface area contributed by atoms with E-state index in [1.807, 2.05) is 0 Å². The number of rotatable bonds is 5. The number of aryl methyl sites for hydroxylation is 1. The highest BCUT2D eigenvalue weighted by atomic mass is 32.2. The molecule has 1 aromatic carbocycles. The number of anilines is 1. The van der Waals surface area contributed by atoms with E-state index in [1.165, 1.54) is 13.0 Å². The fourth-order valence-electron chi connectivity index (χ4n) is 1.73. The van der Waals surface area contributed by atoms with E-state index in [0.717, 1.165) is 24.3 Å². The smallest absolute Gasteiger partial charge is 0.477 e. The molecule has 24 heavy (non-hydrogen) atoms. The maximum Gasteiger partial charge on any atom is 0.573 e. The second-order valence-corrected chi connectivity index (χ2v) is 7.52. The molecule has 2 aromatic rings. The highest BCUT2D eigenvalue weighted by Crippen LogP contribution is 2.29. The number of carboxylic acid groups (broad SMARTS) is 1. The fourth-order valence-corrected chi connectivity index (χ4v) is 4.16. The molecule has 0 spiro atoms. The van der Waals surface area contributed by atoms with Crippen molar-refractivity contribution in [2.45, 2.75) is 17.5 Å². The highest BCUT2D eigenvalue weighted by Gasteiger charge is 2.31. The summed E-state index contributed by atoms with van der Waals surface area (Å²) in [4.78, 5) is 10.9. The molecule has 0 bridgehead atoms. The Labute approximate surface area is 138 Å². The molecular weight excluding hydrogens is 371 g/mol. The predicted molar refractivity (Wildman–Crippen MR) is 79.9 cm³/mol. The first-order chi connectivity index (χ1) is 11.0. The summed E-state index contributed by atoms with van der Waals surface area (Å²) in [5.41, 5.74) is 0.300. The van der Waals surface area contributed by atoms with E-state index in [4.69, 9.17) is 5.11 Å². The van der Waals surface area contributed by atoms with Gasteiger partial charge in [0.05, 0.1) is 0 Å². The van der Waals surface area contributed by atoms with Crippen LogP contribution in [0.5, 0.6) is 5.75 Å². The van der Waals surface area contributed by atoms with Gasteiger partial charge in [-0.05, 0) is 42.8 Å². The van der Waals surface area contributed by atoms with Gasteiger partial charge in [-0.3, -0.25) is 4.72 Å². The summed E-state index contributed by atoms with van der Waals surface area (Å²) in [7, 11) is -4.05. The van der Waals surface area contributed by atoms with Gasteiger partial charge in [-0.15, -0.1) is 24.5 Å². The average Bonchev–Trinajstić information content (AvgIpc) is 2.82. The van der Waals surface area contributed by atoms with E-state index in [2.05, 4.69) is 9.46 Å². The summed E-state index contributed by atoms with van der Waals surface area (Å²) in [6, 6.07) is 5.30. The number of carbonyl (C=O) groups is 1. The molecule has 0 fully saturated rings. The quantitative estimate of drug-likeness (QED) is 0.828. The standard InChI is InChI=1S/C13H10F3NO5S2/c1-7-6-10(23-11(7)12(18)19)24(20,21)17-8-2-4-9(5-3-8)22-13(14,15)16/h2-6,17H,1H3,(H,18,19). The summed E-state index contributed by atoms with van der Waals surface area (Å²) in [5, 5.41) is 8.95. The number of carboxylic acids is 1. The van der Waals surface area contributed by atoms with Crippen LogP contribution in [-0.4, -0.2) is 25.9 Å². The lowest BCUT2D eigenvalue weighted by Crippen LogP contribution is -2.17. The Hall–Kier alpha value is -2.27. The Morgan fingerprint density at radius 2 is 1.83 bits per heavy atom. The SMILES string of the molecule is Cc1cc(S(=O)(=O)Nc2ccc(OC(F)(F)F)cc2)sc1C(=O)O. The van der Waals surface area contributed by atoms with Crippen LogP contribution >= 0.6 is 11.3 Å². The van der Waals surface area contributed by atoms with Gasteiger partial charge in [0.1, 0.15) is 14.8 Å². The van der Waals surface area contributed by atoms with E-state index in [1.54, 1.807) is 0 Å². The zero-order chi connectivity index (χ0) is 18.1. The highest BCUT2D eigenvalue weighted by molar-refractivity contribution is 7.94. The van der Waals surface area contributed by atoms with Crippen molar-refractivity contribution in [3.05, 3.63) is 40.8 Å². The first-order valence-electron chi connectivity index (χ1n) is 6.20. The Balaban J connectivity index is 2.20. The second-order valence-electron chi connectivity index (χ2n) is 4.56. The third kappa shape index (κ3) is 4.38. The fraction of sp³-hybridized carbons (Fsp3) is 0.154. The maximum absolute atomic E-state index is 12.2. The molecule has 6 nitrogen and oxygen atoms in total. The van der Waals surface area contributed by atoms with Gasteiger partial charge in [0.25, 0.3) is 10.0 Å². The van der Waals surface area contributed by atoms with Crippen LogP contribution in [0.15, 0.2) is 34.5 Å². The van der Waals surface area contributed by atoms with Crippen molar-refractivity contribution in [3.63, 3.8) is 0 Å². The average molecular weight is 381 g/mol. The van der Waals surface area contributed by atoms with Crippen molar-refractivity contribution >= 4 is 33.0 Å². The molecule has 2 N–H and O–H groups in total. The van der Waals surface area contributed by atoms with Crippen molar-refractivity contribution in [3.8, 4) is 5.75 Å². The van der Waals surface area contributed by atoms with Gasteiger partial charge in [-0.25, -0.2) is 13.2 Å². The molecule has 2 rings (SSSR count). The molecule has 0 saturated heterocycles. The molecule has 0 aliphatic heterocycles. The van der Waals surface area contributed by atoms with Crippen molar-refractivity contribution in [1.82, 2.24) is 0 Å². The molecule has 11 heteroatoms. The van der Waals surface area contributed by atoms with Crippen LogP contribution in [0.4, 0.5) is 18.9 Å². The van der Waals surface area contributed by atoms with Gasteiger partial charge in [-0.2, -0.15) is 0 Å². The van der Waals surface area contributed by atoms with Crippen LogP contribution in [0.25, 0.3) is 0 Å². The first-order valence-corrected chi connectivity index (χ1v) is 8.50. The molecule has 0 aliphatic rings. The number of ether oxygens (including phenoxy) is 1. The monoisotopic (exact) mass is 381 g/mol. The zero-order valence-corrected chi connectivity index (χ0v) is 13.6. The molecule has 1 heterocycles. The molecule has 1 aromatic heterocycles. The summed E-state index contributed by atoms with van der Waals surface area (Å²) < 4.78 is 66.2. The normalized spacial score (nSPS) is 12.0. The lowest BCUT2D eigenvalue weighted by atomic mass is 10.3. The Morgan fingerprint density at radius 1 is 1.25 bits per heavy atom. The van der Waals surface area contributed by atoms with Crippen molar-refractivity contribution in [2.24, 2.45) is 0 Å². The number of hydrogen-bond acceptors (Lipinski definition) is 5. The molecule has 130 valence electrons. The minimum absolute atomic E-state index is 0.00690. The number of alkyl halides is 3. The topological polar surface area (TPSA) is 92.7 Å². The third-order valence-electron chi connectivity index (χ3n) is 2.69. The van der Waals surface area contributed by atoms with Gasteiger partial charge in [0, 0.05) is 5.69 Å². The number of hydrogen-bond donors (Lipinski definition) is 2. The minimum atomic E-state index is -4.84. The predicted octanol–water partition coefficient (Wildman–Crippen LogP) is 3.45. The van der Waals surface area contributed by atoms with Crippen LogP contribution < -0.4 is 9.46 Å². The van der Waals surface area contributed by atoms with Crippen molar-refractivity contribution in [2.75, 3.05) is 4.72 Å². The van der Waals surface area contributed by atoms with Gasteiger partial charge >= 0.3 is 12.3 Å². The number of nitrogens with one attached hydrogen (secondary N) is 1. The van der Waals surface area contributed by atoms with Crippen molar-refractivity contribution < 1.29 is 36.2 Å².